The SMILES string of the molecule is N#Cc1c([15NH2])nc([15NH2])nc1[15NH2]. The topological polar surface area (TPSA) is 128 Å². The van der Waals surface area contributed by atoms with Crippen molar-refractivity contribution >= 4 is 17.6 Å². The van der Waals surface area contributed by atoms with Gasteiger partial charge in [-0.15, -0.1) is 0 Å². The lowest BCUT2D eigenvalue weighted by molar-refractivity contribution is 1.19. The van der Waals surface area contributed by atoms with Crippen LogP contribution in [-0.2, 0) is 0 Å². The normalized spacial score (nSPS) is 9.00. The largest absolute Gasteiger partial charge is 0.382 e. The fourth-order valence-electron chi connectivity index (χ4n) is 0.629. The van der Waals surface area contributed by atoms with E-state index < -0.39 is 0 Å². The molecule has 0 aliphatic carbocycles. The van der Waals surface area contributed by atoms with Crippen molar-refractivity contribution in [2.45, 2.75) is 0 Å². The minimum absolute atomic E-state index is 0.0116. The molecule has 0 aliphatic heterocycles. The third-order valence-electron chi connectivity index (χ3n) is 1.09. The zero-order chi connectivity index (χ0) is 8.43. The zero-order valence-corrected chi connectivity index (χ0v) is 5.57. The van der Waals surface area contributed by atoms with Crippen LogP contribution in [0, 0.1) is 11.3 Å². The van der Waals surface area contributed by atoms with E-state index in [9.17, 15) is 0 Å². The molecule has 0 bridgehead atoms. The molecule has 0 saturated carbocycles. The lowest BCUT2D eigenvalue weighted by Gasteiger charge is -1.99. The molecule has 6 nitrogen and oxygen atoms in total. The smallest absolute Gasteiger partial charge is 0.224 e. The number of nitrogens with two attached hydrogens (primary N) is 3. The fourth-order valence-corrected chi connectivity index (χ4v) is 0.629. The summed E-state index contributed by atoms with van der Waals surface area (Å²) in [5, 5.41) is 8.46. The average Bonchev–Trinajstić information content (AvgIpc) is 1.85. The van der Waals surface area contributed by atoms with Gasteiger partial charge in [-0.2, -0.15) is 15.2 Å². The highest BCUT2D eigenvalue weighted by molar-refractivity contribution is 5.62. The van der Waals surface area contributed by atoms with Gasteiger partial charge >= 0.3 is 0 Å². The van der Waals surface area contributed by atoms with Crippen LogP contribution >= 0.6 is 0 Å². The number of hydrogen-bond acceptors (Lipinski definition) is 6. The van der Waals surface area contributed by atoms with Gasteiger partial charge in [-0.25, -0.2) is 0 Å². The van der Waals surface area contributed by atoms with Gasteiger partial charge in [0.1, 0.15) is 23.3 Å². The molecule has 0 radical (unpaired) electrons. The molecule has 0 aliphatic rings. The molecule has 1 aromatic heterocycles. The zero-order valence-electron chi connectivity index (χ0n) is 5.57. The average molecular weight is 153 g/mol. The van der Waals surface area contributed by atoms with Gasteiger partial charge < -0.3 is 17.2 Å². The summed E-state index contributed by atoms with van der Waals surface area (Å²) >= 11 is 0. The Morgan fingerprint density at radius 2 is 1.55 bits per heavy atom. The number of aromatic nitrogens is 2. The molecular formula is C5H6N6. The monoisotopic (exact) mass is 153 g/mol. The van der Waals surface area contributed by atoms with E-state index in [1.54, 1.807) is 6.07 Å². The Hall–Kier alpha value is -2.03. The van der Waals surface area contributed by atoms with Gasteiger partial charge in [0, 0.05) is 0 Å². The molecule has 56 valence electrons. The quantitative estimate of drug-likeness (QED) is 0.414. The predicted molar refractivity (Wildman–Crippen MR) is 40.0 cm³/mol. The third kappa shape index (κ3) is 1.11. The molecular weight excluding hydrogens is 147 g/mol. The maximum atomic E-state index is 8.46. The van der Waals surface area contributed by atoms with Gasteiger partial charge in [0.05, 0.1) is 0 Å². The first-order chi connectivity index (χ1) is 5.15. The Morgan fingerprint density at radius 3 is 1.91 bits per heavy atom. The molecule has 0 saturated heterocycles. The highest BCUT2D eigenvalue weighted by Gasteiger charge is 2.06. The van der Waals surface area contributed by atoms with Gasteiger partial charge in [0.15, 0.2) is 0 Å². The number of nitrogens with zero attached hydrogens (tertiary/aromatic N) is 3. The Kier molecular flexibility index (Phi) is 1.48. The predicted octanol–water partition coefficient (Wildman–Crippen LogP) is -0.905. The van der Waals surface area contributed by atoms with Gasteiger partial charge in [-0.3, -0.25) is 0 Å². The molecule has 1 aromatic rings. The van der Waals surface area contributed by atoms with Crippen molar-refractivity contribution in [1.29, 1.82) is 5.26 Å². The maximum absolute atomic E-state index is 8.46. The summed E-state index contributed by atoms with van der Waals surface area (Å²) in [5.41, 5.74) is 15.9. The van der Waals surface area contributed by atoms with Crippen molar-refractivity contribution in [2.75, 3.05) is 17.2 Å². The van der Waals surface area contributed by atoms with Gasteiger partial charge in [0.25, 0.3) is 0 Å². The molecule has 6 heteroatoms. The summed E-state index contributed by atoms with van der Waals surface area (Å²) in [4.78, 5) is 7.09. The van der Waals surface area contributed by atoms with Crippen LogP contribution in [0.1, 0.15) is 5.56 Å². The first-order valence-corrected chi connectivity index (χ1v) is 2.73. The Balaban J connectivity index is 3.40. The molecule has 0 atom stereocenters. The number of hydrogen-bond donors (Lipinski definition) is 3. The van der Waals surface area contributed by atoms with Crippen molar-refractivity contribution in [3.63, 3.8) is 0 Å². The van der Waals surface area contributed by atoms with Crippen molar-refractivity contribution in [3.8, 4) is 6.07 Å². The van der Waals surface area contributed by atoms with E-state index in [1.165, 1.54) is 0 Å². The van der Waals surface area contributed by atoms with Crippen LogP contribution < -0.4 is 17.2 Å². The van der Waals surface area contributed by atoms with E-state index in [-0.39, 0.29) is 23.1 Å². The molecule has 0 amide bonds. The Bertz CT molecular complexity index is 301. The van der Waals surface area contributed by atoms with E-state index in [0.29, 0.717) is 0 Å². The van der Waals surface area contributed by atoms with Crippen LogP contribution in [0.15, 0.2) is 0 Å². The number of nitriles is 1. The van der Waals surface area contributed by atoms with Crippen molar-refractivity contribution < 1.29 is 0 Å². The van der Waals surface area contributed by atoms with E-state index in [0.717, 1.165) is 0 Å². The number of rotatable bonds is 0. The summed E-state index contributed by atoms with van der Waals surface area (Å²) < 4.78 is 0. The first kappa shape index (κ1) is 7.08. The van der Waals surface area contributed by atoms with E-state index in [2.05, 4.69) is 9.97 Å². The second-order valence-electron chi connectivity index (χ2n) is 1.84. The highest BCUT2D eigenvalue weighted by atomic mass is 15.5. The standard InChI is InChI=1S/C5H6N6/c6-1-2-3(7)10-5(9)11-4(2)8/h(H6,7,8,9,10,11)/i7+1,8+1,9+1. The lowest BCUT2D eigenvalue weighted by atomic mass is 10.3. The van der Waals surface area contributed by atoms with Crippen LogP contribution in [0.3, 0.4) is 0 Å². The Morgan fingerprint density at radius 1 is 1.09 bits per heavy atom. The van der Waals surface area contributed by atoms with Crippen molar-refractivity contribution in [2.24, 2.45) is 0 Å². The van der Waals surface area contributed by atoms with Gasteiger partial charge in [-0.1, -0.05) is 0 Å². The molecule has 6 N–H and O–H groups in total. The van der Waals surface area contributed by atoms with E-state index >= 15 is 0 Å². The van der Waals surface area contributed by atoms with Crippen molar-refractivity contribution in [1.82, 2.24) is 9.97 Å². The van der Waals surface area contributed by atoms with Crippen LogP contribution in [0.2, 0.25) is 0 Å². The number of nitrogen functional groups attached to an aromatic ring is 3. The molecule has 0 unspecified atom stereocenters. The van der Waals surface area contributed by atoms with Gasteiger partial charge in [-0.05, 0) is 0 Å². The van der Waals surface area contributed by atoms with Crippen LogP contribution in [0.4, 0.5) is 17.6 Å². The van der Waals surface area contributed by atoms with Gasteiger partial charge in [0.2, 0.25) is 5.95 Å². The van der Waals surface area contributed by atoms with E-state index in [1.807, 2.05) is 0 Å². The fraction of sp³-hybridized carbons (Fsp3) is 0. The second kappa shape index (κ2) is 2.30. The molecule has 0 aromatic carbocycles. The van der Waals surface area contributed by atoms with Crippen molar-refractivity contribution in [3.05, 3.63) is 5.56 Å². The Labute approximate surface area is 62.6 Å². The minimum atomic E-state index is -0.0287. The van der Waals surface area contributed by atoms with E-state index in [4.69, 9.17) is 22.5 Å². The first-order valence-electron chi connectivity index (χ1n) is 2.73. The summed E-state index contributed by atoms with van der Waals surface area (Å²) in [6.45, 7) is 0. The molecule has 11 heavy (non-hydrogen) atoms. The highest BCUT2D eigenvalue weighted by Crippen LogP contribution is 2.14. The van der Waals surface area contributed by atoms with Crippen LogP contribution in [0.5, 0.6) is 0 Å². The summed E-state index contributed by atoms with van der Waals surface area (Å²) in [7, 11) is 0. The summed E-state index contributed by atoms with van der Waals surface area (Å²) in [6.07, 6.45) is 0. The maximum Gasteiger partial charge on any atom is 0.224 e. The molecule has 1 rings (SSSR count). The summed E-state index contributed by atoms with van der Waals surface area (Å²) in [6, 6.07) is 1.76. The van der Waals surface area contributed by atoms with Crippen LogP contribution in [-0.4, -0.2) is 9.97 Å². The summed E-state index contributed by atoms with van der Waals surface area (Å²) in [5.74, 6) is -0.00556. The lowest BCUT2D eigenvalue weighted by Crippen LogP contribution is -2.06. The number of anilines is 3. The second-order valence-corrected chi connectivity index (χ2v) is 1.84. The minimum Gasteiger partial charge on any atom is -0.382 e. The molecule has 0 spiro atoms. The molecule has 0 fully saturated rings. The van der Waals surface area contributed by atoms with Crippen LogP contribution in [0.25, 0.3) is 0 Å². The molecule has 1 heterocycles. The third-order valence-corrected chi connectivity index (χ3v) is 1.09.